The number of nitriles is 1. The van der Waals surface area contributed by atoms with Crippen LogP contribution in [0.5, 0.6) is 0 Å². The van der Waals surface area contributed by atoms with Gasteiger partial charge in [0.15, 0.2) is 0 Å². The summed E-state index contributed by atoms with van der Waals surface area (Å²) in [4.78, 5) is 21.7. The standard InChI is InChI=1S/C9H9N3O3S/c10-4-5-1-2-16-9(5)12-8(15)6(11)3-7(13)14/h1-2,6H,3,11H2,(H,12,15)(H,13,14). The number of thiophene rings is 1. The lowest BCUT2D eigenvalue weighted by Gasteiger charge is -2.08. The predicted molar refractivity (Wildman–Crippen MR) is 57.9 cm³/mol. The largest absolute Gasteiger partial charge is 0.481 e. The minimum atomic E-state index is -1.14. The highest BCUT2D eigenvalue weighted by molar-refractivity contribution is 7.14. The van der Waals surface area contributed by atoms with Gasteiger partial charge in [0.05, 0.1) is 18.0 Å². The number of hydrogen-bond acceptors (Lipinski definition) is 5. The van der Waals surface area contributed by atoms with Crippen molar-refractivity contribution in [3.05, 3.63) is 17.0 Å². The summed E-state index contributed by atoms with van der Waals surface area (Å²) in [5.41, 5.74) is 5.69. The van der Waals surface area contributed by atoms with Crippen LogP contribution in [-0.4, -0.2) is 23.0 Å². The van der Waals surface area contributed by atoms with E-state index in [1.807, 2.05) is 6.07 Å². The molecule has 0 saturated heterocycles. The zero-order valence-electron chi connectivity index (χ0n) is 8.14. The van der Waals surface area contributed by atoms with Crippen molar-refractivity contribution in [2.75, 3.05) is 5.32 Å². The maximum absolute atomic E-state index is 11.4. The van der Waals surface area contributed by atoms with Gasteiger partial charge in [0.2, 0.25) is 5.91 Å². The maximum atomic E-state index is 11.4. The summed E-state index contributed by atoms with van der Waals surface area (Å²) in [6, 6.07) is 2.34. The Hall–Kier alpha value is -1.91. The van der Waals surface area contributed by atoms with Gasteiger partial charge in [0.25, 0.3) is 0 Å². The van der Waals surface area contributed by atoms with Gasteiger partial charge in [0, 0.05) is 0 Å². The number of nitrogens with one attached hydrogen (secondary N) is 1. The predicted octanol–water partition coefficient (Wildman–Crippen LogP) is 0.360. The molecule has 7 heteroatoms. The number of amides is 1. The van der Waals surface area contributed by atoms with Gasteiger partial charge >= 0.3 is 5.97 Å². The fraction of sp³-hybridized carbons (Fsp3) is 0.222. The van der Waals surface area contributed by atoms with E-state index in [1.54, 1.807) is 11.4 Å². The van der Waals surface area contributed by atoms with Crippen LogP contribution >= 0.6 is 11.3 Å². The number of anilines is 1. The van der Waals surface area contributed by atoms with Crippen molar-refractivity contribution >= 4 is 28.2 Å². The molecule has 1 aromatic heterocycles. The Balaban J connectivity index is 2.65. The minimum Gasteiger partial charge on any atom is -0.481 e. The average Bonchev–Trinajstić information content (AvgIpc) is 2.64. The number of aliphatic carboxylic acids is 1. The molecular formula is C9H9N3O3S. The molecule has 1 aromatic rings. The van der Waals surface area contributed by atoms with Gasteiger partial charge in [-0.25, -0.2) is 0 Å². The van der Waals surface area contributed by atoms with E-state index in [0.717, 1.165) is 0 Å². The van der Waals surface area contributed by atoms with E-state index < -0.39 is 24.3 Å². The van der Waals surface area contributed by atoms with Crippen molar-refractivity contribution in [2.45, 2.75) is 12.5 Å². The summed E-state index contributed by atoms with van der Waals surface area (Å²) in [7, 11) is 0. The number of hydrogen-bond donors (Lipinski definition) is 3. The summed E-state index contributed by atoms with van der Waals surface area (Å²) in [6.07, 6.45) is -0.445. The first-order valence-electron chi connectivity index (χ1n) is 4.30. The Morgan fingerprint density at radius 2 is 2.38 bits per heavy atom. The molecule has 0 aliphatic heterocycles. The molecule has 1 atom stereocenters. The smallest absolute Gasteiger partial charge is 0.305 e. The van der Waals surface area contributed by atoms with Crippen molar-refractivity contribution in [2.24, 2.45) is 5.73 Å². The highest BCUT2D eigenvalue weighted by atomic mass is 32.1. The normalized spacial score (nSPS) is 11.5. The van der Waals surface area contributed by atoms with Crippen LogP contribution < -0.4 is 11.1 Å². The van der Waals surface area contributed by atoms with Gasteiger partial charge in [-0.05, 0) is 11.4 Å². The lowest BCUT2D eigenvalue weighted by molar-refractivity contribution is -0.138. The van der Waals surface area contributed by atoms with Crippen LogP contribution in [0.2, 0.25) is 0 Å². The summed E-state index contributed by atoms with van der Waals surface area (Å²) >= 11 is 1.18. The van der Waals surface area contributed by atoms with Crippen LogP contribution in [0.1, 0.15) is 12.0 Å². The second-order valence-electron chi connectivity index (χ2n) is 2.97. The first-order chi connectivity index (χ1) is 7.54. The maximum Gasteiger partial charge on any atom is 0.305 e. The third kappa shape index (κ3) is 3.05. The van der Waals surface area contributed by atoms with E-state index >= 15 is 0 Å². The molecule has 0 aromatic carbocycles. The Kier molecular flexibility index (Phi) is 3.99. The minimum absolute atomic E-state index is 0.334. The molecule has 1 unspecified atom stereocenters. The van der Waals surface area contributed by atoms with Crippen molar-refractivity contribution in [3.63, 3.8) is 0 Å². The van der Waals surface area contributed by atoms with E-state index in [9.17, 15) is 9.59 Å². The van der Waals surface area contributed by atoms with Gasteiger partial charge in [-0.3, -0.25) is 9.59 Å². The number of carboxylic acid groups (broad SMARTS) is 1. The second-order valence-corrected chi connectivity index (χ2v) is 3.88. The van der Waals surface area contributed by atoms with Gasteiger partial charge in [-0.2, -0.15) is 5.26 Å². The lowest BCUT2D eigenvalue weighted by atomic mass is 10.2. The number of nitrogens with zero attached hydrogens (tertiary/aromatic N) is 1. The summed E-state index contributed by atoms with van der Waals surface area (Å²) < 4.78 is 0. The lowest BCUT2D eigenvalue weighted by Crippen LogP contribution is -2.37. The first-order valence-corrected chi connectivity index (χ1v) is 5.18. The van der Waals surface area contributed by atoms with E-state index in [2.05, 4.69) is 5.32 Å². The fourth-order valence-corrected chi connectivity index (χ4v) is 1.72. The molecule has 84 valence electrons. The third-order valence-corrected chi connectivity index (χ3v) is 2.58. The fourth-order valence-electron chi connectivity index (χ4n) is 0.980. The number of rotatable bonds is 4. The topological polar surface area (TPSA) is 116 Å². The van der Waals surface area contributed by atoms with E-state index in [-0.39, 0.29) is 0 Å². The van der Waals surface area contributed by atoms with Crippen LogP contribution in [0, 0.1) is 11.3 Å². The molecule has 0 saturated carbocycles. The molecule has 1 heterocycles. The van der Waals surface area contributed by atoms with E-state index in [0.29, 0.717) is 10.6 Å². The molecule has 4 N–H and O–H groups in total. The van der Waals surface area contributed by atoms with Gasteiger partial charge in [-0.1, -0.05) is 0 Å². The Morgan fingerprint density at radius 3 is 2.94 bits per heavy atom. The summed E-state index contributed by atoms with van der Waals surface area (Å²) in [6.45, 7) is 0. The first kappa shape index (κ1) is 12.2. The molecule has 1 rings (SSSR count). The van der Waals surface area contributed by atoms with E-state index in [1.165, 1.54) is 11.3 Å². The number of nitrogens with two attached hydrogens (primary N) is 1. The highest BCUT2D eigenvalue weighted by Gasteiger charge is 2.18. The molecule has 0 spiro atoms. The van der Waals surface area contributed by atoms with Crippen molar-refractivity contribution < 1.29 is 14.7 Å². The zero-order chi connectivity index (χ0) is 12.1. The molecule has 0 aliphatic rings. The van der Waals surface area contributed by atoms with Crippen molar-refractivity contribution in [1.82, 2.24) is 0 Å². The Morgan fingerprint density at radius 1 is 1.69 bits per heavy atom. The quantitative estimate of drug-likeness (QED) is 0.701. The van der Waals surface area contributed by atoms with Crippen molar-refractivity contribution in [1.29, 1.82) is 5.26 Å². The third-order valence-electron chi connectivity index (χ3n) is 1.75. The van der Waals surface area contributed by atoms with Crippen LogP contribution in [0.4, 0.5) is 5.00 Å². The number of carboxylic acids is 1. The molecule has 6 nitrogen and oxygen atoms in total. The summed E-state index contributed by atoms with van der Waals surface area (Å²) in [5, 5.41) is 21.6. The van der Waals surface area contributed by atoms with Crippen LogP contribution in [0.3, 0.4) is 0 Å². The van der Waals surface area contributed by atoms with Gasteiger partial charge < -0.3 is 16.2 Å². The average molecular weight is 239 g/mol. The SMILES string of the molecule is N#Cc1ccsc1NC(=O)C(N)CC(=O)O. The number of carbonyl (C=O) groups is 2. The molecule has 1 amide bonds. The van der Waals surface area contributed by atoms with Crippen LogP contribution in [0.25, 0.3) is 0 Å². The monoisotopic (exact) mass is 239 g/mol. The van der Waals surface area contributed by atoms with Gasteiger partial charge in [0.1, 0.15) is 11.1 Å². The molecule has 0 bridgehead atoms. The second kappa shape index (κ2) is 5.25. The molecule has 0 fully saturated rings. The Bertz CT molecular complexity index is 449. The molecule has 0 radical (unpaired) electrons. The van der Waals surface area contributed by atoms with Crippen LogP contribution in [-0.2, 0) is 9.59 Å². The molecule has 0 aliphatic carbocycles. The van der Waals surface area contributed by atoms with Gasteiger partial charge in [-0.15, -0.1) is 11.3 Å². The Labute approximate surface area is 95.3 Å². The molecule has 16 heavy (non-hydrogen) atoms. The highest BCUT2D eigenvalue weighted by Crippen LogP contribution is 2.22. The molecular weight excluding hydrogens is 230 g/mol. The van der Waals surface area contributed by atoms with Crippen molar-refractivity contribution in [3.8, 4) is 6.07 Å². The van der Waals surface area contributed by atoms with Crippen LogP contribution in [0.15, 0.2) is 11.4 Å². The van der Waals surface area contributed by atoms with E-state index in [4.69, 9.17) is 16.1 Å². The number of carbonyl (C=O) groups excluding carboxylic acids is 1. The summed E-state index contributed by atoms with van der Waals surface area (Å²) in [5.74, 6) is -1.75. The zero-order valence-corrected chi connectivity index (χ0v) is 8.95.